The smallest absolute Gasteiger partial charge is 0.299 e. The summed E-state index contributed by atoms with van der Waals surface area (Å²) in [6, 6.07) is 4.06. The number of sulfonamides is 1. The number of benzene rings is 1. The van der Waals surface area contributed by atoms with Gasteiger partial charge in [0.05, 0.1) is 22.8 Å². The van der Waals surface area contributed by atoms with Crippen LogP contribution in [-0.4, -0.2) is 57.8 Å². The van der Waals surface area contributed by atoms with Crippen LogP contribution in [0.3, 0.4) is 0 Å². The molecule has 2 heterocycles. The third-order valence-corrected chi connectivity index (χ3v) is 6.31. The zero-order valence-electron chi connectivity index (χ0n) is 13.0. The first kappa shape index (κ1) is 16.1. The number of likely N-dealkylation sites (N-methyl/N-ethyl adjacent to an activating group) is 1. The Morgan fingerprint density at radius 2 is 2.04 bits per heavy atom. The van der Waals surface area contributed by atoms with Gasteiger partial charge in [-0.1, -0.05) is 0 Å². The number of nitrogens with zero attached hydrogens (tertiary/aromatic N) is 2. The van der Waals surface area contributed by atoms with Crippen molar-refractivity contribution < 1.29 is 22.7 Å². The average Bonchev–Trinajstić information content (AvgIpc) is 3.08. The van der Waals surface area contributed by atoms with Gasteiger partial charge in [0.25, 0.3) is 11.7 Å². The summed E-state index contributed by atoms with van der Waals surface area (Å²) in [4.78, 5) is 24.9. The van der Waals surface area contributed by atoms with Gasteiger partial charge in [-0.2, -0.15) is 4.31 Å². The molecule has 0 aromatic heterocycles. The highest BCUT2D eigenvalue weighted by Crippen LogP contribution is 2.32. The summed E-state index contributed by atoms with van der Waals surface area (Å²) in [5, 5.41) is 0. The summed E-state index contributed by atoms with van der Waals surface area (Å²) < 4.78 is 32.2. The normalized spacial score (nSPS) is 22.0. The molecule has 3 rings (SSSR count). The molecule has 1 aromatic rings. The molecule has 0 saturated carbocycles. The van der Waals surface area contributed by atoms with E-state index in [1.807, 2.05) is 0 Å². The van der Waals surface area contributed by atoms with Crippen molar-refractivity contribution >= 4 is 27.4 Å². The first-order chi connectivity index (χ1) is 10.9. The van der Waals surface area contributed by atoms with Crippen LogP contribution in [0, 0.1) is 0 Å². The van der Waals surface area contributed by atoms with Gasteiger partial charge in [-0.25, -0.2) is 8.42 Å². The molecule has 0 N–H and O–H groups in total. The average molecular weight is 338 g/mol. The van der Waals surface area contributed by atoms with Gasteiger partial charge in [0, 0.05) is 26.7 Å². The molecule has 0 spiro atoms. The zero-order chi connectivity index (χ0) is 16.8. The summed E-state index contributed by atoms with van der Waals surface area (Å²) >= 11 is 0. The van der Waals surface area contributed by atoms with Gasteiger partial charge in [0.2, 0.25) is 10.0 Å². The zero-order valence-corrected chi connectivity index (χ0v) is 13.8. The molecule has 1 aromatic carbocycles. The molecule has 1 amide bonds. The van der Waals surface area contributed by atoms with Crippen molar-refractivity contribution in [3.8, 4) is 0 Å². The second-order valence-corrected chi connectivity index (χ2v) is 7.63. The van der Waals surface area contributed by atoms with Crippen molar-refractivity contribution in [2.75, 3.05) is 32.2 Å². The van der Waals surface area contributed by atoms with Gasteiger partial charge in [-0.3, -0.25) is 9.59 Å². The van der Waals surface area contributed by atoms with E-state index in [4.69, 9.17) is 4.74 Å². The Hall–Kier alpha value is -1.77. The van der Waals surface area contributed by atoms with Gasteiger partial charge >= 0.3 is 0 Å². The first-order valence-electron chi connectivity index (χ1n) is 7.35. The number of hydrogen-bond acceptors (Lipinski definition) is 5. The molecule has 124 valence electrons. The van der Waals surface area contributed by atoms with Crippen LogP contribution in [0.5, 0.6) is 0 Å². The van der Waals surface area contributed by atoms with Crippen molar-refractivity contribution in [2.24, 2.45) is 0 Å². The Kier molecular flexibility index (Phi) is 3.99. The fourth-order valence-electron chi connectivity index (χ4n) is 3.15. The predicted octanol–water partition coefficient (Wildman–Crippen LogP) is 0.645. The molecule has 1 atom stereocenters. The summed E-state index contributed by atoms with van der Waals surface area (Å²) in [6.07, 6.45) is 1.52. The Labute approximate surface area is 134 Å². The molecular formula is C15H18N2O5S. The molecule has 2 aliphatic heterocycles. The number of anilines is 1. The van der Waals surface area contributed by atoms with Crippen LogP contribution in [0.15, 0.2) is 23.1 Å². The monoisotopic (exact) mass is 338 g/mol. The van der Waals surface area contributed by atoms with E-state index < -0.39 is 21.7 Å². The number of amides is 1. The van der Waals surface area contributed by atoms with Crippen LogP contribution in [-0.2, 0) is 19.6 Å². The van der Waals surface area contributed by atoms with E-state index in [1.54, 1.807) is 7.11 Å². The van der Waals surface area contributed by atoms with Crippen molar-refractivity contribution in [1.82, 2.24) is 4.31 Å². The Morgan fingerprint density at radius 1 is 1.30 bits per heavy atom. The molecule has 0 radical (unpaired) electrons. The lowest BCUT2D eigenvalue weighted by atomic mass is 10.1. The second kappa shape index (κ2) is 5.70. The molecular weight excluding hydrogens is 320 g/mol. The van der Waals surface area contributed by atoms with E-state index in [1.165, 1.54) is 34.5 Å². The minimum absolute atomic E-state index is 0.0377. The largest absolute Gasteiger partial charge is 0.383 e. The highest BCUT2D eigenvalue weighted by Gasteiger charge is 2.38. The fraction of sp³-hybridized carbons (Fsp3) is 0.467. The lowest BCUT2D eigenvalue weighted by molar-refractivity contribution is -0.114. The standard InChI is InChI=1S/C15H18N2O5S/c1-16-13-6-5-11(8-12(13)14(18)15(16)19)23(20,21)17-7-3-4-10(17)9-22-2/h5-6,8,10H,3-4,7,9H2,1-2H3. The molecule has 0 aliphatic carbocycles. The SMILES string of the molecule is COCC1CCCN1S(=O)(=O)c1ccc2c(c1)C(=O)C(=O)N2C. The van der Waals surface area contributed by atoms with Crippen molar-refractivity contribution in [3.05, 3.63) is 23.8 Å². The molecule has 1 saturated heterocycles. The molecule has 23 heavy (non-hydrogen) atoms. The van der Waals surface area contributed by atoms with Gasteiger partial charge in [0.1, 0.15) is 0 Å². The quantitative estimate of drug-likeness (QED) is 0.753. The number of hydrogen-bond donors (Lipinski definition) is 0. The highest BCUT2D eigenvalue weighted by molar-refractivity contribution is 7.89. The van der Waals surface area contributed by atoms with E-state index in [0.29, 0.717) is 18.8 Å². The third-order valence-electron chi connectivity index (χ3n) is 4.36. The number of ketones is 1. The van der Waals surface area contributed by atoms with Crippen LogP contribution in [0.4, 0.5) is 5.69 Å². The van der Waals surface area contributed by atoms with E-state index >= 15 is 0 Å². The Balaban J connectivity index is 1.99. The summed E-state index contributed by atoms with van der Waals surface area (Å²) in [6.45, 7) is 0.768. The first-order valence-corrected chi connectivity index (χ1v) is 8.79. The van der Waals surface area contributed by atoms with Crippen molar-refractivity contribution in [1.29, 1.82) is 0 Å². The minimum Gasteiger partial charge on any atom is -0.383 e. The van der Waals surface area contributed by atoms with E-state index in [2.05, 4.69) is 0 Å². The van der Waals surface area contributed by atoms with Gasteiger partial charge in [-0.05, 0) is 31.0 Å². The van der Waals surface area contributed by atoms with Crippen LogP contribution >= 0.6 is 0 Å². The molecule has 2 aliphatic rings. The number of carbonyl (C=O) groups excluding carboxylic acids is 2. The molecule has 1 unspecified atom stereocenters. The van der Waals surface area contributed by atoms with E-state index in [0.717, 1.165) is 12.8 Å². The third kappa shape index (κ3) is 2.46. The van der Waals surface area contributed by atoms with Gasteiger partial charge in [-0.15, -0.1) is 0 Å². The fourth-order valence-corrected chi connectivity index (χ4v) is 4.85. The summed E-state index contributed by atoms with van der Waals surface area (Å²) in [5.41, 5.74) is 0.579. The van der Waals surface area contributed by atoms with Crippen LogP contribution in [0.2, 0.25) is 0 Å². The van der Waals surface area contributed by atoms with Crippen LogP contribution in [0.25, 0.3) is 0 Å². The minimum atomic E-state index is -3.72. The number of methoxy groups -OCH3 is 1. The second-order valence-electron chi connectivity index (χ2n) is 5.74. The molecule has 8 heteroatoms. The molecule has 0 bridgehead atoms. The lowest BCUT2D eigenvalue weighted by Crippen LogP contribution is -2.38. The van der Waals surface area contributed by atoms with Crippen LogP contribution in [0.1, 0.15) is 23.2 Å². The Bertz CT molecular complexity index is 774. The van der Waals surface area contributed by atoms with Gasteiger partial charge < -0.3 is 9.64 Å². The number of ether oxygens (including phenoxy) is 1. The van der Waals surface area contributed by atoms with Gasteiger partial charge in [0.15, 0.2) is 0 Å². The topological polar surface area (TPSA) is 84.0 Å². The molecule has 1 fully saturated rings. The van der Waals surface area contributed by atoms with Crippen molar-refractivity contribution in [2.45, 2.75) is 23.8 Å². The van der Waals surface area contributed by atoms with Crippen molar-refractivity contribution in [3.63, 3.8) is 0 Å². The number of Topliss-reactive ketones (excluding diaryl/α,β-unsaturated/α-hetero) is 1. The number of rotatable bonds is 4. The summed E-state index contributed by atoms with van der Waals surface area (Å²) in [5.74, 6) is -1.32. The highest BCUT2D eigenvalue weighted by atomic mass is 32.2. The summed E-state index contributed by atoms with van der Waals surface area (Å²) in [7, 11) is -0.683. The van der Waals surface area contributed by atoms with E-state index in [9.17, 15) is 18.0 Å². The maximum absolute atomic E-state index is 12.8. The predicted molar refractivity (Wildman–Crippen MR) is 83.0 cm³/mol. The molecule has 7 nitrogen and oxygen atoms in total. The maximum Gasteiger partial charge on any atom is 0.299 e. The lowest BCUT2D eigenvalue weighted by Gasteiger charge is -2.23. The van der Waals surface area contributed by atoms with E-state index in [-0.39, 0.29) is 16.5 Å². The Morgan fingerprint density at radius 3 is 2.74 bits per heavy atom. The number of fused-ring (bicyclic) bond motifs is 1. The van der Waals surface area contributed by atoms with Crippen LogP contribution < -0.4 is 4.90 Å². The maximum atomic E-state index is 12.8. The number of carbonyl (C=O) groups is 2.